The molecule has 2 amide bonds. The van der Waals surface area contributed by atoms with Crippen molar-refractivity contribution in [3.05, 3.63) is 24.0 Å². The van der Waals surface area contributed by atoms with Gasteiger partial charge in [-0.05, 0) is 24.1 Å². The summed E-state index contributed by atoms with van der Waals surface area (Å²) in [6, 6.07) is 4.00. The molecule has 0 spiro atoms. The molecular weight excluding hydrogens is 261 g/mol. The Labute approximate surface area is 117 Å². The minimum atomic E-state index is -0.558. The molecule has 1 unspecified atom stereocenters. The van der Waals surface area contributed by atoms with Crippen molar-refractivity contribution in [2.45, 2.75) is 20.8 Å². The number of halogens is 1. The SMILES string of the molecule is CC(=O)Nc1cc(NC(=O)C(CN)C(C)C)ccc1F. The van der Waals surface area contributed by atoms with Crippen molar-refractivity contribution in [2.24, 2.45) is 17.6 Å². The van der Waals surface area contributed by atoms with E-state index in [0.717, 1.165) is 0 Å². The highest BCUT2D eigenvalue weighted by Gasteiger charge is 2.20. The van der Waals surface area contributed by atoms with Crippen molar-refractivity contribution >= 4 is 23.2 Å². The van der Waals surface area contributed by atoms with E-state index in [1.165, 1.54) is 25.1 Å². The third kappa shape index (κ3) is 4.31. The fourth-order valence-corrected chi connectivity index (χ4v) is 1.81. The number of nitrogens with one attached hydrogen (secondary N) is 2. The molecule has 0 fully saturated rings. The maximum Gasteiger partial charge on any atom is 0.229 e. The fourth-order valence-electron chi connectivity index (χ4n) is 1.81. The number of amides is 2. The normalized spacial score (nSPS) is 12.1. The minimum absolute atomic E-state index is 0.0316. The van der Waals surface area contributed by atoms with Crippen LogP contribution in [-0.4, -0.2) is 18.4 Å². The minimum Gasteiger partial charge on any atom is -0.330 e. The van der Waals surface area contributed by atoms with E-state index in [9.17, 15) is 14.0 Å². The van der Waals surface area contributed by atoms with Gasteiger partial charge >= 0.3 is 0 Å². The molecule has 20 heavy (non-hydrogen) atoms. The molecule has 0 saturated carbocycles. The van der Waals surface area contributed by atoms with E-state index in [1.807, 2.05) is 13.8 Å². The second-order valence-corrected chi connectivity index (χ2v) is 4.95. The molecule has 0 saturated heterocycles. The van der Waals surface area contributed by atoms with Gasteiger partial charge in [0.1, 0.15) is 5.82 Å². The highest BCUT2D eigenvalue weighted by molar-refractivity contribution is 5.94. The Morgan fingerprint density at radius 3 is 2.45 bits per heavy atom. The zero-order chi connectivity index (χ0) is 15.3. The van der Waals surface area contributed by atoms with Crippen molar-refractivity contribution in [1.29, 1.82) is 0 Å². The van der Waals surface area contributed by atoms with Gasteiger partial charge in [0.05, 0.1) is 11.6 Å². The highest BCUT2D eigenvalue weighted by atomic mass is 19.1. The summed E-state index contributed by atoms with van der Waals surface area (Å²) in [7, 11) is 0. The van der Waals surface area contributed by atoms with Crippen molar-refractivity contribution in [3.8, 4) is 0 Å². The Kier molecular flexibility index (Phi) is 5.64. The maximum atomic E-state index is 13.5. The van der Waals surface area contributed by atoms with Gasteiger partial charge in [-0.25, -0.2) is 4.39 Å². The molecular formula is C14H20FN3O2. The average Bonchev–Trinajstić information content (AvgIpc) is 2.33. The first-order chi connectivity index (χ1) is 9.35. The van der Waals surface area contributed by atoms with Crippen LogP contribution in [0.3, 0.4) is 0 Å². The Morgan fingerprint density at radius 2 is 1.95 bits per heavy atom. The Balaban J connectivity index is 2.87. The molecule has 1 rings (SSSR count). The summed E-state index contributed by atoms with van der Waals surface area (Å²) < 4.78 is 13.5. The van der Waals surface area contributed by atoms with Gasteiger partial charge in [-0.2, -0.15) is 0 Å². The summed E-state index contributed by atoms with van der Waals surface area (Å²) in [6.07, 6.45) is 0. The number of anilines is 2. The number of nitrogens with two attached hydrogens (primary N) is 1. The Hall–Kier alpha value is -1.95. The molecule has 1 aromatic rings. The van der Waals surface area contributed by atoms with Gasteiger partial charge in [0, 0.05) is 19.2 Å². The quantitative estimate of drug-likeness (QED) is 0.771. The van der Waals surface area contributed by atoms with E-state index in [-0.39, 0.29) is 35.9 Å². The lowest BCUT2D eigenvalue weighted by Gasteiger charge is -2.18. The van der Waals surface area contributed by atoms with Crippen molar-refractivity contribution in [2.75, 3.05) is 17.2 Å². The molecule has 0 bridgehead atoms. The molecule has 5 nitrogen and oxygen atoms in total. The number of carbonyl (C=O) groups excluding carboxylic acids is 2. The third-order valence-corrected chi connectivity index (χ3v) is 2.94. The van der Waals surface area contributed by atoms with Crippen LogP contribution in [0, 0.1) is 17.7 Å². The third-order valence-electron chi connectivity index (χ3n) is 2.94. The van der Waals surface area contributed by atoms with Crippen molar-refractivity contribution in [1.82, 2.24) is 0 Å². The van der Waals surface area contributed by atoms with Gasteiger partial charge in [0.2, 0.25) is 11.8 Å². The molecule has 0 aromatic heterocycles. The number of rotatable bonds is 5. The Bertz CT molecular complexity index is 503. The van der Waals surface area contributed by atoms with E-state index in [2.05, 4.69) is 10.6 Å². The summed E-state index contributed by atoms with van der Waals surface area (Å²) in [4.78, 5) is 23.0. The summed E-state index contributed by atoms with van der Waals surface area (Å²) >= 11 is 0. The number of hydrogen-bond acceptors (Lipinski definition) is 3. The van der Waals surface area contributed by atoms with Crippen LogP contribution < -0.4 is 16.4 Å². The number of carbonyl (C=O) groups is 2. The van der Waals surface area contributed by atoms with Crippen LogP contribution in [-0.2, 0) is 9.59 Å². The van der Waals surface area contributed by atoms with E-state index < -0.39 is 5.82 Å². The van der Waals surface area contributed by atoms with Gasteiger partial charge in [0.15, 0.2) is 0 Å². The van der Waals surface area contributed by atoms with Crippen LogP contribution in [0.1, 0.15) is 20.8 Å². The lowest BCUT2D eigenvalue weighted by molar-refractivity contribution is -0.120. The van der Waals surface area contributed by atoms with Crippen LogP contribution in [0.2, 0.25) is 0 Å². The van der Waals surface area contributed by atoms with Crippen LogP contribution >= 0.6 is 0 Å². The zero-order valence-electron chi connectivity index (χ0n) is 11.9. The summed E-state index contributed by atoms with van der Waals surface area (Å²) in [5, 5.41) is 5.04. The van der Waals surface area contributed by atoms with E-state index in [1.54, 1.807) is 0 Å². The second kappa shape index (κ2) is 7.00. The molecule has 4 N–H and O–H groups in total. The van der Waals surface area contributed by atoms with Crippen LogP contribution in [0.5, 0.6) is 0 Å². The number of benzene rings is 1. The van der Waals surface area contributed by atoms with Crippen LogP contribution in [0.25, 0.3) is 0 Å². The van der Waals surface area contributed by atoms with E-state index >= 15 is 0 Å². The van der Waals surface area contributed by atoms with Gasteiger partial charge in [0.25, 0.3) is 0 Å². The first-order valence-electron chi connectivity index (χ1n) is 6.43. The fraction of sp³-hybridized carbons (Fsp3) is 0.429. The summed E-state index contributed by atoms with van der Waals surface area (Å²) in [5.74, 6) is -1.37. The highest BCUT2D eigenvalue weighted by Crippen LogP contribution is 2.21. The lowest BCUT2D eigenvalue weighted by atomic mass is 9.95. The monoisotopic (exact) mass is 281 g/mol. The molecule has 6 heteroatoms. The summed E-state index contributed by atoms with van der Waals surface area (Å²) in [5.41, 5.74) is 6.02. The molecule has 0 aliphatic heterocycles. The van der Waals surface area contributed by atoms with Gasteiger partial charge < -0.3 is 16.4 Å². The topological polar surface area (TPSA) is 84.2 Å². The predicted octanol–water partition coefficient (Wildman–Crippen LogP) is 1.95. The molecule has 0 heterocycles. The largest absolute Gasteiger partial charge is 0.330 e. The maximum absolute atomic E-state index is 13.5. The van der Waals surface area contributed by atoms with Gasteiger partial charge in [-0.1, -0.05) is 13.8 Å². The summed E-state index contributed by atoms with van der Waals surface area (Å²) in [6.45, 7) is 5.34. The average molecular weight is 281 g/mol. The molecule has 1 aromatic carbocycles. The predicted molar refractivity (Wildman–Crippen MR) is 76.7 cm³/mol. The van der Waals surface area contributed by atoms with Crippen LogP contribution in [0.15, 0.2) is 18.2 Å². The number of hydrogen-bond donors (Lipinski definition) is 3. The van der Waals surface area contributed by atoms with Crippen molar-refractivity contribution < 1.29 is 14.0 Å². The first kappa shape index (κ1) is 16.1. The van der Waals surface area contributed by atoms with Gasteiger partial charge in [-0.15, -0.1) is 0 Å². The first-order valence-corrected chi connectivity index (χ1v) is 6.43. The standard InChI is InChI=1S/C14H20FN3O2/c1-8(2)11(7-16)14(20)18-10-4-5-12(15)13(6-10)17-9(3)19/h4-6,8,11H,7,16H2,1-3H3,(H,17,19)(H,18,20). The molecule has 110 valence electrons. The van der Waals surface area contributed by atoms with Crippen LogP contribution in [0.4, 0.5) is 15.8 Å². The smallest absolute Gasteiger partial charge is 0.229 e. The Morgan fingerprint density at radius 1 is 1.30 bits per heavy atom. The van der Waals surface area contributed by atoms with E-state index in [0.29, 0.717) is 5.69 Å². The molecule has 1 atom stereocenters. The molecule has 0 aliphatic carbocycles. The van der Waals surface area contributed by atoms with Crippen molar-refractivity contribution in [3.63, 3.8) is 0 Å². The lowest BCUT2D eigenvalue weighted by Crippen LogP contribution is -2.33. The second-order valence-electron chi connectivity index (χ2n) is 4.95. The van der Waals surface area contributed by atoms with Gasteiger partial charge in [-0.3, -0.25) is 9.59 Å². The molecule has 0 radical (unpaired) electrons. The van der Waals surface area contributed by atoms with E-state index in [4.69, 9.17) is 5.73 Å². The molecule has 0 aliphatic rings. The zero-order valence-corrected chi connectivity index (χ0v) is 11.9.